The van der Waals surface area contributed by atoms with Crippen LogP contribution in [0.15, 0.2) is 30.9 Å². The quantitative estimate of drug-likeness (QED) is 0.674. The third-order valence-electron chi connectivity index (χ3n) is 1.85. The van der Waals surface area contributed by atoms with Crippen molar-refractivity contribution in [1.82, 2.24) is 14.5 Å². The van der Waals surface area contributed by atoms with E-state index in [-0.39, 0.29) is 0 Å². The lowest BCUT2D eigenvalue weighted by Crippen LogP contribution is -1.93. The van der Waals surface area contributed by atoms with Crippen LogP contribution in [0.4, 0.5) is 0 Å². The highest BCUT2D eigenvalue weighted by Gasteiger charge is 1.98. The van der Waals surface area contributed by atoms with Gasteiger partial charge in [-0.05, 0) is 19.1 Å². The number of hydrogen-bond donors (Lipinski definition) is 0. The summed E-state index contributed by atoms with van der Waals surface area (Å²) in [5.74, 6) is 0.768. The molecule has 0 fully saturated rings. The highest BCUT2D eigenvalue weighted by atomic mass is 15.1. The van der Waals surface area contributed by atoms with Crippen molar-refractivity contribution in [2.45, 2.75) is 6.92 Å². The molecule has 0 aliphatic rings. The molecule has 0 unspecified atom stereocenters. The third kappa shape index (κ3) is 1.48. The van der Waals surface area contributed by atoms with Crippen molar-refractivity contribution >= 4 is 0 Å². The number of pyridine rings is 1. The number of hydrogen-bond acceptors (Lipinski definition) is 3. The summed E-state index contributed by atoms with van der Waals surface area (Å²) in [5.41, 5.74) is 1.50. The van der Waals surface area contributed by atoms with Crippen LogP contribution in [0.2, 0.25) is 0 Å². The largest absolute Gasteiger partial charge is 0.290 e. The minimum atomic E-state index is 0.561. The Morgan fingerprint density at radius 2 is 2.21 bits per heavy atom. The zero-order valence-electron chi connectivity index (χ0n) is 7.68. The Labute approximate surface area is 81.5 Å². The molecule has 0 N–H and O–H groups in total. The van der Waals surface area contributed by atoms with Crippen LogP contribution in [0.1, 0.15) is 11.3 Å². The molecule has 0 bridgehead atoms. The highest BCUT2D eigenvalue weighted by Crippen LogP contribution is 2.05. The van der Waals surface area contributed by atoms with E-state index in [4.69, 9.17) is 5.26 Å². The Morgan fingerprint density at radius 1 is 1.36 bits per heavy atom. The molecule has 0 aliphatic carbocycles. The molecule has 2 rings (SSSR count). The molecule has 0 amide bonds. The smallest absolute Gasteiger partial charge is 0.137 e. The molecule has 14 heavy (non-hydrogen) atoms. The van der Waals surface area contributed by atoms with Gasteiger partial charge in [-0.3, -0.25) is 4.57 Å². The maximum Gasteiger partial charge on any atom is 0.137 e. The molecule has 0 aliphatic heterocycles. The van der Waals surface area contributed by atoms with E-state index in [1.165, 1.54) is 0 Å². The molecule has 68 valence electrons. The number of nitrogens with zero attached hydrogens (tertiary/aromatic N) is 4. The maximum absolute atomic E-state index is 8.59. The Kier molecular flexibility index (Phi) is 1.99. The second-order valence-electron chi connectivity index (χ2n) is 2.94. The third-order valence-corrected chi connectivity index (χ3v) is 1.85. The van der Waals surface area contributed by atoms with Crippen molar-refractivity contribution < 1.29 is 0 Å². The molecule has 0 atom stereocenters. The van der Waals surface area contributed by atoms with Crippen LogP contribution in [-0.4, -0.2) is 14.5 Å². The number of imidazole rings is 1. The minimum absolute atomic E-state index is 0.561. The van der Waals surface area contributed by atoms with Crippen molar-refractivity contribution in [2.24, 2.45) is 0 Å². The van der Waals surface area contributed by atoms with Crippen LogP contribution in [-0.2, 0) is 0 Å². The predicted molar refractivity (Wildman–Crippen MR) is 50.8 cm³/mol. The molecular formula is C10H8N4. The summed E-state index contributed by atoms with van der Waals surface area (Å²) in [7, 11) is 0. The SMILES string of the molecule is Cc1cn(-c2ccc(C#N)cn2)cn1. The maximum atomic E-state index is 8.59. The molecule has 0 spiro atoms. The Balaban J connectivity index is 2.39. The van der Waals surface area contributed by atoms with Gasteiger partial charge in [-0.1, -0.05) is 0 Å². The molecule has 0 aromatic carbocycles. The average molecular weight is 184 g/mol. The van der Waals surface area contributed by atoms with Crippen molar-refractivity contribution in [3.63, 3.8) is 0 Å². The summed E-state index contributed by atoms with van der Waals surface area (Å²) in [6, 6.07) is 5.55. The number of rotatable bonds is 1. The fourth-order valence-corrected chi connectivity index (χ4v) is 1.15. The topological polar surface area (TPSA) is 54.5 Å². The van der Waals surface area contributed by atoms with Gasteiger partial charge in [0, 0.05) is 12.4 Å². The lowest BCUT2D eigenvalue weighted by molar-refractivity contribution is 0.991. The van der Waals surface area contributed by atoms with Crippen molar-refractivity contribution in [3.05, 3.63) is 42.1 Å². The fraction of sp³-hybridized carbons (Fsp3) is 0.100. The van der Waals surface area contributed by atoms with Gasteiger partial charge in [0.05, 0.1) is 11.3 Å². The van der Waals surface area contributed by atoms with Gasteiger partial charge in [-0.2, -0.15) is 5.26 Å². The Hall–Kier alpha value is -2.15. The number of nitriles is 1. The Morgan fingerprint density at radius 3 is 2.71 bits per heavy atom. The monoisotopic (exact) mass is 184 g/mol. The first-order chi connectivity index (χ1) is 6.79. The summed E-state index contributed by atoms with van der Waals surface area (Å²) < 4.78 is 1.82. The summed E-state index contributed by atoms with van der Waals surface area (Å²) in [4.78, 5) is 8.23. The molecule has 0 saturated carbocycles. The minimum Gasteiger partial charge on any atom is -0.290 e. The van der Waals surface area contributed by atoms with Crippen LogP contribution in [0.25, 0.3) is 5.82 Å². The molecule has 0 saturated heterocycles. The van der Waals surface area contributed by atoms with Gasteiger partial charge in [0.2, 0.25) is 0 Å². The molecule has 2 heterocycles. The first kappa shape index (κ1) is 8.45. The normalized spacial score (nSPS) is 9.71. The van der Waals surface area contributed by atoms with Gasteiger partial charge >= 0.3 is 0 Å². The van der Waals surface area contributed by atoms with Gasteiger partial charge in [0.1, 0.15) is 18.2 Å². The van der Waals surface area contributed by atoms with Crippen molar-refractivity contribution in [2.75, 3.05) is 0 Å². The van der Waals surface area contributed by atoms with E-state index >= 15 is 0 Å². The van der Waals surface area contributed by atoms with Gasteiger partial charge in [-0.25, -0.2) is 9.97 Å². The van der Waals surface area contributed by atoms with Gasteiger partial charge in [0.25, 0.3) is 0 Å². The number of aryl methyl sites for hydroxylation is 1. The van der Waals surface area contributed by atoms with Crippen LogP contribution in [0, 0.1) is 18.3 Å². The van der Waals surface area contributed by atoms with Crippen LogP contribution < -0.4 is 0 Å². The van der Waals surface area contributed by atoms with E-state index in [1.54, 1.807) is 24.7 Å². The number of aromatic nitrogens is 3. The van der Waals surface area contributed by atoms with E-state index in [1.807, 2.05) is 23.8 Å². The van der Waals surface area contributed by atoms with Crippen LogP contribution in [0.5, 0.6) is 0 Å². The van der Waals surface area contributed by atoms with E-state index in [9.17, 15) is 0 Å². The first-order valence-corrected chi connectivity index (χ1v) is 4.17. The predicted octanol–water partition coefficient (Wildman–Crippen LogP) is 1.45. The molecular weight excluding hydrogens is 176 g/mol. The van der Waals surface area contributed by atoms with Gasteiger partial charge in [-0.15, -0.1) is 0 Å². The standard InChI is InChI=1S/C10H8N4/c1-8-6-14(7-13-8)10-3-2-9(4-11)5-12-10/h2-3,5-7H,1H3. The van der Waals surface area contributed by atoms with E-state index in [2.05, 4.69) is 9.97 Å². The van der Waals surface area contributed by atoms with E-state index in [0.717, 1.165) is 11.5 Å². The van der Waals surface area contributed by atoms with Crippen LogP contribution >= 0.6 is 0 Å². The molecule has 4 nitrogen and oxygen atoms in total. The zero-order chi connectivity index (χ0) is 9.97. The van der Waals surface area contributed by atoms with Gasteiger partial charge in [0.15, 0.2) is 0 Å². The average Bonchev–Trinajstić information content (AvgIpc) is 2.65. The second kappa shape index (κ2) is 3.30. The summed E-state index contributed by atoms with van der Waals surface area (Å²) in [6.45, 7) is 1.92. The summed E-state index contributed by atoms with van der Waals surface area (Å²) >= 11 is 0. The highest BCUT2D eigenvalue weighted by molar-refractivity contribution is 5.32. The van der Waals surface area contributed by atoms with E-state index in [0.29, 0.717) is 5.56 Å². The zero-order valence-corrected chi connectivity index (χ0v) is 7.68. The van der Waals surface area contributed by atoms with E-state index < -0.39 is 0 Å². The molecule has 4 heteroatoms. The fourth-order valence-electron chi connectivity index (χ4n) is 1.15. The lowest BCUT2D eigenvalue weighted by atomic mass is 10.3. The molecule has 0 radical (unpaired) electrons. The lowest BCUT2D eigenvalue weighted by Gasteiger charge is -1.98. The summed E-state index contributed by atoms with van der Waals surface area (Å²) in [6.07, 6.45) is 5.13. The second-order valence-corrected chi connectivity index (χ2v) is 2.94. The van der Waals surface area contributed by atoms with Crippen molar-refractivity contribution in [1.29, 1.82) is 5.26 Å². The van der Waals surface area contributed by atoms with Crippen molar-refractivity contribution in [3.8, 4) is 11.9 Å². The molecule has 2 aromatic rings. The molecule has 2 aromatic heterocycles. The van der Waals surface area contributed by atoms with Crippen LogP contribution in [0.3, 0.4) is 0 Å². The Bertz CT molecular complexity index is 476. The van der Waals surface area contributed by atoms with Gasteiger partial charge < -0.3 is 0 Å². The summed E-state index contributed by atoms with van der Waals surface area (Å²) in [5, 5.41) is 8.59. The first-order valence-electron chi connectivity index (χ1n) is 4.17.